The average Bonchev–Trinajstić information content (AvgIpc) is 3.24. The standard InChI is InChI=1S/C16H14O2/c17-15-9-8-13(11-4-2-1-3-5-11)10-14(15)16(18)12-6-7-12/h1-5,8-10,12,17H,6-7H2. The minimum atomic E-state index is 0.0743. The van der Waals surface area contributed by atoms with Gasteiger partial charge in [-0.15, -0.1) is 0 Å². The van der Waals surface area contributed by atoms with Gasteiger partial charge in [0.2, 0.25) is 0 Å². The Morgan fingerprint density at radius 1 is 1.00 bits per heavy atom. The summed E-state index contributed by atoms with van der Waals surface area (Å²) in [5, 5.41) is 9.81. The SMILES string of the molecule is O=C(c1cc(-c2ccccc2)ccc1O)C1CC1. The number of aromatic hydroxyl groups is 1. The maximum absolute atomic E-state index is 12.1. The molecule has 0 aliphatic heterocycles. The number of hydrogen-bond acceptors (Lipinski definition) is 2. The monoisotopic (exact) mass is 238 g/mol. The fourth-order valence-electron chi connectivity index (χ4n) is 2.11. The molecule has 2 aromatic carbocycles. The van der Waals surface area contributed by atoms with Crippen LogP contribution in [-0.2, 0) is 0 Å². The van der Waals surface area contributed by atoms with Crippen LogP contribution in [0.1, 0.15) is 23.2 Å². The molecule has 18 heavy (non-hydrogen) atoms. The number of Topliss-reactive ketones (excluding diaryl/α,β-unsaturated/α-hetero) is 1. The number of ketones is 1. The minimum absolute atomic E-state index is 0.0743. The lowest BCUT2D eigenvalue weighted by Gasteiger charge is -2.07. The zero-order valence-electron chi connectivity index (χ0n) is 9.97. The highest BCUT2D eigenvalue weighted by atomic mass is 16.3. The van der Waals surface area contributed by atoms with Crippen LogP contribution in [0, 0.1) is 5.92 Å². The van der Waals surface area contributed by atoms with E-state index in [9.17, 15) is 9.90 Å². The van der Waals surface area contributed by atoms with Crippen molar-refractivity contribution in [1.29, 1.82) is 0 Å². The Kier molecular flexibility index (Phi) is 2.63. The van der Waals surface area contributed by atoms with Crippen LogP contribution in [0.25, 0.3) is 11.1 Å². The normalized spacial score (nSPS) is 14.4. The zero-order valence-corrected chi connectivity index (χ0v) is 9.97. The van der Waals surface area contributed by atoms with Gasteiger partial charge in [0.05, 0.1) is 5.56 Å². The third kappa shape index (κ3) is 2.02. The highest BCUT2D eigenvalue weighted by molar-refractivity contribution is 6.02. The second-order valence-electron chi connectivity index (χ2n) is 4.74. The first kappa shape index (κ1) is 11.0. The Balaban J connectivity index is 2.02. The summed E-state index contributed by atoms with van der Waals surface area (Å²) in [4.78, 5) is 12.1. The van der Waals surface area contributed by atoms with Crippen LogP contribution in [-0.4, -0.2) is 10.9 Å². The molecule has 2 nitrogen and oxygen atoms in total. The molecule has 0 saturated heterocycles. The Bertz CT molecular complexity index is 583. The summed E-state index contributed by atoms with van der Waals surface area (Å²) in [6, 6.07) is 15.1. The summed E-state index contributed by atoms with van der Waals surface area (Å²) >= 11 is 0. The van der Waals surface area contributed by atoms with E-state index in [-0.39, 0.29) is 17.5 Å². The van der Waals surface area contributed by atoms with Gasteiger partial charge in [-0.2, -0.15) is 0 Å². The van der Waals surface area contributed by atoms with Gasteiger partial charge in [0.15, 0.2) is 5.78 Å². The summed E-state index contributed by atoms with van der Waals surface area (Å²) in [6.45, 7) is 0. The number of phenolic OH excluding ortho intramolecular Hbond substituents is 1. The molecule has 1 N–H and O–H groups in total. The van der Waals surface area contributed by atoms with E-state index in [4.69, 9.17) is 0 Å². The van der Waals surface area contributed by atoms with E-state index >= 15 is 0 Å². The van der Waals surface area contributed by atoms with Crippen LogP contribution in [0.2, 0.25) is 0 Å². The molecule has 0 heterocycles. The van der Waals surface area contributed by atoms with Crippen LogP contribution in [0.5, 0.6) is 5.75 Å². The predicted octanol–water partition coefficient (Wildman–Crippen LogP) is 3.65. The summed E-state index contributed by atoms with van der Waals surface area (Å²) < 4.78 is 0. The highest BCUT2D eigenvalue weighted by Crippen LogP contribution is 2.36. The third-order valence-electron chi connectivity index (χ3n) is 3.32. The van der Waals surface area contributed by atoms with Gasteiger partial charge in [0, 0.05) is 5.92 Å². The van der Waals surface area contributed by atoms with Crippen molar-refractivity contribution < 1.29 is 9.90 Å². The van der Waals surface area contributed by atoms with Crippen molar-refractivity contribution in [3.8, 4) is 16.9 Å². The van der Waals surface area contributed by atoms with E-state index in [1.165, 1.54) is 0 Å². The molecule has 0 spiro atoms. The molecule has 1 saturated carbocycles. The van der Waals surface area contributed by atoms with Crippen LogP contribution < -0.4 is 0 Å². The fourth-order valence-corrected chi connectivity index (χ4v) is 2.11. The van der Waals surface area contributed by atoms with Crippen molar-refractivity contribution in [2.24, 2.45) is 5.92 Å². The largest absolute Gasteiger partial charge is 0.507 e. The Morgan fingerprint density at radius 3 is 2.39 bits per heavy atom. The second-order valence-corrected chi connectivity index (χ2v) is 4.74. The van der Waals surface area contributed by atoms with Gasteiger partial charge < -0.3 is 5.11 Å². The maximum Gasteiger partial charge on any atom is 0.169 e. The minimum Gasteiger partial charge on any atom is -0.507 e. The van der Waals surface area contributed by atoms with Gasteiger partial charge in [-0.1, -0.05) is 36.4 Å². The number of hydrogen-bond donors (Lipinski definition) is 1. The quantitative estimate of drug-likeness (QED) is 0.829. The Labute approximate surface area is 106 Å². The van der Waals surface area contributed by atoms with Crippen molar-refractivity contribution >= 4 is 5.78 Å². The molecule has 1 fully saturated rings. The van der Waals surface area contributed by atoms with E-state index in [0.29, 0.717) is 5.56 Å². The van der Waals surface area contributed by atoms with E-state index in [1.54, 1.807) is 12.1 Å². The van der Waals surface area contributed by atoms with Crippen LogP contribution in [0.15, 0.2) is 48.5 Å². The molecule has 0 aromatic heterocycles. The number of rotatable bonds is 3. The van der Waals surface area contributed by atoms with Gasteiger partial charge in [-0.3, -0.25) is 4.79 Å². The van der Waals surface area contributed by atoms with Gasteiger partial charge in [-0.05, 0) is 36.1 Å². The van der Waals surface area contributed by atoms with Gasteiger partial charge in [0.25, 0.3) is 0 Å². The number of benzene rings is 2. The fraction of sp³-hybridized carbons (Fsp3) is 0.188. The Hall–Kier alpha value is -2.09. The van der Waals surface area contributed by atoms with E-state index in [0.717, 1.165) is 24.0 Å². The molecule has 3 rings (SSSR count). The third-order valence-corrected chi connectivity index (χ3v) is 3.32. The van der Waals surface area contributed by atoms with Gasteiger partial charge >= 0.3 is 0 Å². The molecule has 1 aliphatic rings. The van der Waals surface area contributed by atoms with Gasteiger partial charge in [-0.25, -0.2) is 0 Å². The van der Waals surface area contributed by atoms with E-state index in [1.807, 2.05) is 36.4 Å². The molecule has 0 unspecified atom stereocenters. The van der Waals surface area contributed by atoms with Crippen LogP contribution in [0.4, 0.5) is 0 Å². The molecule has 0 amide bonds. The van der Waals surface area contributed by atoms with Crippen LogP contribution >= 0.6 is 0 Å². The lowest BCUT2D eigenvalue weighted by molar-refractivity contribution is 0.0965. The maximum atomic E-state index is 12.1. The van der Waals surface area contributed by atoms with E-state index in [2.05, 4.69) is 0 Å². The van der Waals surface area contributed by atoms with Gasteiger partial charge in [0.1, 0.15) is 5.75 Å². The number of carbonyl (C=O) groups is 1. The number of phenols is 1. The van der Waals surface area contributed by atoms with Crippen molar-refractivity contribution in [3.63, 3.8) is 0 Å². The summed E-state index contributed by atoms with van der Waals surface area (Å²) in [5.41, 5.74) is 2.48. The first-order chi connectivity index (χ1) is 8.75. The van der Waals surface area contributed by atoms with Crippen molar-refractivity contribution in [2.45, 2.75) is 12.8 Å². The average molecular weight is 238 g/mol. The van der Waals surface area contributed by atoms with E-state index < -0.39 is 0 Å². The van der Waals surface area contributed by atoms with Crippen molar-refractivity contribution in [2.75, 3.05) is 0 Å². The first-order valence-corrected chi connectivity index (χ1v) is 6.18. The lowest BCUT2D eigenvalue weighted by Crippen LogP contribution is -2.01. The predicted molar refractivity (Wildman–Crippen MR) is 70.6 cm³/mol. The first-order valence-electron chi connectivity index (χ1n) is 6.18. The topological polar surface area (TPSA) is 37.3 Å². The Morgan fingerprint density at radius 2 is 1.72 bits per heavy atom. The molecular formula is C16H14O2. The number of carbonyl (C=O) groups excluding carboxylic acids is 1. The molecule has 0 radical (unpaired) electrons. The van der Waals surface area contributed by atoms with Crippen molar-refractivity contribution in [3.05, 3.63) is 54.1 Å². The molecule has 0 atom stereocenters. The van der Waals surface area contributed by atoms with Crippen molar-refractivity contribution in [1.82, 2.24) is 0 Å². The lowest BCUT2D eigenvalue weighted by atomic mass is 9.99. The smallest absolute Gasteiger partial charge is 0.169 e. The summed E-state index contributed by atoms with van der Waals surface area (Å²) in [7, 11) is 0. The summed E-state index contributed by atoms with van der Waals surface area (Å²) in [5.74, 6) is 0.291. The molecule has 2 aromatic rings. The van der Waals surface area contributed by atoms with Crippen LogP contribution in [0.3, 0.4) is 0 Å². The second kappa shape index (κ2) is 4.30. The molecule has 0 bridgehead atoms. The molecular weight excluding hydrogens is 224 g/mol. The zero-order chi connectivity index (χ0) is 12.5. The molecule has 90 valence electrons. The highest BCUT2D eigenvalue weighted by Gasteiger charge is 2.31. The molecule has 1 aliphatic carbocycles. The summed E-state index contributed by atoms with van der Waals surface area (Å²) in [6.07, 6.45) is 1.90. The molecule has 2 heteroatoms.